The van der Waals surface area contributed by atoms with Crippen molar-refractivity contribution >= 4 is 5.82 Å². The molecule has 2 N–H and O–H groups in total. The van der Waals surface area contributed by atoms with Gasteiger partial charge >= 0.3 is 0 Å². The summed E-state index contributed by atoms with van der Waals surface area (Å²) in [7, 11) is 1.96. The van der Waals surface area contributed by atoms with Gasteiger partial charge < -0.3 is 5.73 Å². The van der Waals surface area contributed by atoms with Crippen LogP contribution in [0, 0.1) is 30.1 Å². The third kappa shape index (κ3) is 1.73. The van der Waals surface area contributed by atoms with Gasteiger partial charge in [0.25, 0.3) is 0 Å². The topological polar surface area (TPSA) is 43.8 Å². The highest BCUT2D eigenvalue weighted by molar-refractivity contribution is 5.42. The molecule has 5 rings (SSSR count). The summed E-state index contributed by atoms with van der Waals surface area (Å²) >= 11 is 0. The Morgan fingerprint density at radius 2 is 1.68 bits per heavy atom. The second-order valence-corrected chi connectivity index (χ2v) is 7.67. The van der Waals surface area contributed by atoms with Crippen molar-refractivity contribution in [2.45, 2.75) is 51.9 Å². The van der Waals surface area contributed by atoms with E-state index in [2.05, 4.69) is 12.0 Å². The van der Waals surface area contributed by atoms with Gasteiger partial charge in [0, 0.05) is 12.6 Å². The van der Waals surface area contributed by atoms with E-state index in [0.717, 1.165) is 23.6 Å². The van der Waals surface area contributed by atoms with Crippen LogP contribution in [0.4, 0.5) is 5.82 Å². The fraction of sp³-hybridized carbons (Fsp3) is 0.812. The fourth-order valence-electron chi connectivity index (χ4n) is 5.73. The zero-order chi connectivity index (χ0) is 13.2. The Labute approximate surface area is 115 Å². The number of nitrogens with zero attached hydrogens (tertiary/aromatic N) is 2. The standard InChI is InChI=1S/C16H25N3/c1-10-14(18-19(2)15(10)17)9-16-6-11-3-12(7-16)5-13(4-11)8-16/h11-13H,3-9,17H2,1-2H3. The second-order valence-electron chi connectivity index (χ2n) is 7.67. The van der Waals surface area contributed by atoms with Crippen LogP contribution >= 0.6 is 0 Å². The van der Waals surface area contributed by atoms with Crippen LogP contribution in [0.5, 0.6) is 0 Å². The van der Waals surface area contributed by atoms with Crippen LogP contribution in [-0.2, 0) is 13.5 Å². The van der Waals surface area contributed by atoms with E-state index in [1.54, 1.807) is 0 Å². The molecule has 104 valence electrons. The summed E-state index contributed by atoms with van der Waals surface area (Å²) < 4.78 is 1.85. The molecule has 4 fully saturated rings. The average Bonchev–Trinajstić information content (AvgIpc) is 2.54. The zero-order valence-corrected chi connectivity index (χ0v) is 12.2. The molecule has 1 aromatic heterocycles. The molecule has 19 heavy (non-hydrogen) atoms. The van der Waals surface area contributed by atoms with E-state index >= 15 is 0 Å². The third-order valence-corrected chi connectivity index (χ3v) is 6.14. The average molecular weight is 259 g/mol. The number of hydrogen-bond donors (Lipinski definition) is 1. The summed E-state index contributed by atoms with van der Waals surface area (Å²) in [5.74, 6) is 3.91. The molecule has 4 bridgehead atoms. The third-order valence-electron chi connectivity index (χ3n) is 6.14. The molecule has 3 heteroatoms. The first-order valence-electron chi connectivity index (χ1n) is 7.83. The minimum absolute atomic E-state index is 0.570. The molecule has 0 radical (unpaired) electrons. The van der Waals surface area contributed by atoms with Crippen molar-refractivity contribution in [2.75, 3.05) is 5.73 Å². The fourth-order valence-corrected chi connectivity index (χ4v) is 5.73. The molecule has 1 heterocycles. The molecular weight excluding hydrogens is 234 g/mol. The molecule has 0 spiro atoms. The van der Waals surface area contributed by atoms with Crippen LogP contribution in [0.1, 0.15) is 49.8 Å². The SMILES string of the molecule is Cc1c(CC23CC4CC(CC(C4)C2)C3)nn(C)c1N. The Morgan fingerprint density at radius 1 is 1.16 bits per heavy atom. The normalized spacial score (nSPS) is 40.0. The van der Waals surface area contributed by atoms with Crippen molar-refractivity contribution in [1.82, 2.24) is 9.78 Å². The van der Waals surface area contributed by atoms with Gasteiger partial charge in [0.1, 0.15) is 5.82 Å². The molecule has 4 aliphatic rings. The highest BCUT2D eigenvalue weighted by Gasteiger charge is 2.51. The van der Waals surface area contributed by atoms with Gasteiger partial charge in [-0.3, -0.25) is 4.68 Å². The van der Waals surface area contributed by atoms with Crippen molar-refractivity contribution in [3.63, 3.8) is 0 Å². The van der Waals surface area contributed by atoms with Crippen molar-refractivity contribution in [2.24, 2.45) is 30.2 Å². The number of anilines is 1. The lowest BCUT2D eigenvalue weighted by molar-refractivity contribution is -0.0527. The summed E-state index contributed by atoms with van der Waals surface area (Å²) in [5, 5.41) is 4.68. The molecule has 0 atom stereocenters. The number of nitrogen functional groups attached to an aromatic ring is 1. The van der Waals surface area contributed by atoms with Crippen LogP contribution in [-0.4, -0.2) is 9.78 Å². The van der Waals surface area contributed by atoms with E-state index in [1.165, 1.54) is 56.2 Å². The van der Waals surface area contributed by atoms with E-state index < -0.39 is 0 Å². The first-order chi connectivity index (χ1) is 9.05. The van der Waals surface area contributed by atoms with Crippen molar-refractivity contribution in [1.29, 1.82) is 0 Å². The molecular formula is C16H25N3. The Morgan fingerprint density at radius 3 is 2.11 bits per heavy atom. The van der Waals surface area contributed by atoms with Gasteiger partial charge in [0.05, 0.1) is 5.69 Å². The van der Waals surface area contributed by atoms with Gasteiger partial charge in [-0.25, -0.2) is 0 Å². The lowest BCUT2D eigenvalue weighted by atomic mass is 9.48. The van der Waals surface area contributed by atoms with Gasteiger partial charge in [-0.05, 0) is 75.0 Å². The summed E-state index contributed by atoms with van der Waals surface area (Å²) in [6, 6.07) is 0. The van der Waals surface area contributed by atoms with Gasteiger partial charge in [0.15, 0.2) is 0 Å². The van der Waals surface area contributed by atoms with E-state index in [9.17, 15) is 0 Å². The molecule has 0 saturated heterocycles. The number of hydrogen-bond acceptors (Lipinski definition) is 2. The van der Waals surface area contributed by atoms with Crippen LogP contribution in [0.2, 0.25) is 0 Å². The molecule has 0 aromatic carbocycles. The van der Waals surface area contributed by atoms with E-state index in [0.29, 0.717) is 5.41 Å². The maximum absolute atomic E-state index is 6.07. The first-order valence-corrected chi connectivity index (χ1v) is 7.83. The summed E-state index contributed by atoms with van der Waals surface area (Å²) in [6.07, 6.45) is 10.1. The smallest absolute Gasteiger partial charge is 0.124 e. The first kappa shape index (κ1) is 11.8. The number of rotatable bonds is 2. The lowest BCUT2D eigenvalue weighted by Crippen LogP contribution is -2.47. The summed E-state index contributed by atoms with van der Waals surface area (Å²) in [6.45, 7) is 2.14. The van der Waals surface area contributed by atoms with Crippen molar-refractivity contribution < 1.29 is 0 Å². The Balaban J connectivity index is 1.64. The predicted molar refractivity (Wildman–Crippen MR) is 76.7 cm³/mol. The Hall–Kier alpha value is -0.990. The Kier molecular flexibility index (Phi) is 2.34. The zero-order valence-electron chi connectivity index (χ0n) is 12.2. The Bertz CT molecular complexity index is 479. The molecule has 0 amide bonds. The quantitative estimate of drug-likeness (QED) is 0.887. The number of aromatic nitrogens is 2. The van der Waals surface area contributed by atoms with E-state index in [4.69, 9.17) is 5.73 Å². The monoisotopic (exact) mass is 259 g/mol. The van der Waals surface area contributed by atoms with E-state index in [1.807, 2.05) is 11.7 Å². The highest BCUT2D eigenvalue weighted by Crippen LogP contribution is 2.61. The summed E-state index contributed by atoms with van der Waals surface area (Å²) in [5.41, 5.74) is 9.13. The predicted octanol–water partition coefficient (Wildman–Crippen LogP) is 3.07. The van der Waals surface area contributed by atoms with Gasteiger partial charge in [0.2, 0.25) is 0 Å². The largest absolute Gasteiger partial charge is 0.384 e. The molecule has 3 nitrogen and oxygen atoms in total. The molecule has 4 aliphatic carbocycles. The van der Waals surface area contributed by atoms with Crippen molar-refractivity contribution in [3.8, 4) is 0 Å². The van der Waals surface area contributed by atoms with Crippen molar-refractivity contribution in [3.05, 3.63) is 11.3 Å². The number of nitrogens with two attached hydrogens (primary N) is 1. The molecule has 1 aromatic rings. The van der Waals surface area contributed by atoms with Crippen LogP contribution in [0.25, 0.3) is 0 Å². The number of aryl methyl sites for hydroxylation is 1. The minimum Gasteiger partial charge on any atom is -0.384 e. The molecule has 0 aliphatic heterocycles. The summed E-state index contributed by atoms with van der Waals surface area (Å²) in [4.78, 5) is 0. The van der Waals surface area contributed by atoms with Crippen LogP contribution in [0.15, 0.2) is 0 Å². The van der Waals surface area contributed by atoms with Gasteiger partial charge in [-0.2, -0.15) is 5.10 Å². The van der Waals surface area contributed by atoms with Crippen LogP contribution in [0.3, 0.4) is 0 Å². The maximum Gasteiger partial charge on any atom is 0.124 e. The van der Waals surface area contributed by atoms with Crippen LogP contribution < -0.4 is 5.73 Å². The maximum atomic E-state index is 6.07. The molecule has 4 saturated carbocycles. The minimum atomic E-state index is 0.570. The molecule has 0 unspecified atom stereocenters. The second kappa shape index (κ2) is 3.77. The lowest BCUT2D eigenvalue weighted by Gasteiger charge is -2.57. The van der Waals surface area contributed by atoms with E-state index in [-0.39, 0.29) is 0 Å². The van der Waals surface area contributed by atoms with Gasteiger partial charge in [-0.15, -0.1) is 0 Å². The highest BCUT2D eigenvalue weighted by atomic mass is 15.3. The van der Waals surface area contributed by atoms with Gasteiger partial charge in [-0.1, -0.05) is 0 Å².